The molecule has 2 N–H and O–H groups in total. The number of nitrogens with zero attached hydrogens (tertiary/aromatic N) is 1. The molecule has 0 heterocycles. The zero-order valence-corrected chi connectivity index (χ0v) is 10.8. The van der Waals surface area contributed by atoms with E-state index in [1.165, 1.54) is 25.7 Å². The van der Waals surface area contributed by atoms with Crippen LogP contribution < -0.4 is 10.6 Å². The van der Waals surface area contributed by atoms with Crippen molar-refractivity contribution in [1.29, 1.82) is 0 Å². The summed E-state index contributed by atoms with van der Waals surface area (Å²) < 4.78 is 0. The van der Waals surface area contributed by atoms with Crippen molar-refractivity contribution in [3.05, 3.63) is 0 Å². The molecule has 0 aromatic rings. The number of carbonyl (C=O) groups is 1. The molecule has 1 aliphatic rings. The summed E-state index contributed by atoms with van der Waals surface area (Å²) in [7, 11) is 2.15. The minimum atomic E-state index is -0.0604. The molecular formula is C12H25N3O. The fraction of sp³-hybridized carbons (Fsp3) is 0.917. The first-order chi connectivity index (χ1) is 7.59. The van der Waals surface area contributed by atoms with Gasteiger partial charge in [0.15, 0.2) is 0 Å². The van der Waals surface area contributed by atoms with Gasteiger partial charge in [0.2, 0.25) is 0 Å². The number of urea groups is 1. The van der Waals surface area contributed by atoms with Gasteiger partial charge in [-0.3, -0.25) is 0 Å². The second-order valence-corrected chi connectivity index (χ2v) is 4.97. The fourth-order valence-corrected chi connectivity index (χ4v) is 2.19. The predicted octanol–water partition coefficient (Wildman–Crippen LogP) is 1.57. The van der Waals surface area contributed by atoms with E-state index in [9.17, 15) is 4.79 Å². The average Bonchev–Trinajstić information content (AvgIpc) is 2.68. The van der Waals surface area contributed by atoms with Gasteiger partial charge >= 0.3 is 6.03 Å². The molecule has 0 aromatic heterocycles. The van der Waals surface area contributed by atoms with Gasteiger partial charge in [-0.05, 0) is 33.7 Å². The molecule has 4 heteroatoms. The van der Waals surface area contributed by atoms with Crippen LogP contribution in [0.3, 0.4) is 0 Å². The highest BCUT2D eigenvalue weighted by Crippen LogP contribution is 2.21. The zero-order valence-electron chi connectivity index (χ0n) is 10.8. The summed E-state index contributed by atoms with van der Waals surface area (Å²) in [5.41, 5.74) is 0. The van der Waals surface area contributed by atoms with E-state index in [-0.39, 0.29) is 12.1 Å². The number of rotatable bonds is 5. The number of carbonyl (C=O) groups excluding carboxylic acids is 1. The van der Waals surface area contributed by atoms with Gasteiger partial charge in [0, 0.05) is 25.2 Å². The highest BCUT2D eigenvalue weighted by atomic mass is 16.2. The van der Waals surface area contributed by atoms with Crippen molar-refractivity contribution in [2.24, 2.45) is 0 Å². The molecule has 1 fully saturated rings. The first-order valence-corrected chi connectivity index (χ1v) is 6.34. The van der Waals surface area contributed by atoms with E-state index >= 15 is 0 Å². The van der Waals surface area contributed by atoms with Gasteiger partial charge in [0.05, 0.1) is 0 Å². The van der Waals surface area contributed by atoms with E-state index in [4.69, 9.17) is 0 Å². The lowest BCUT2D eigenvalue weighted by atomic mass is 10.2. The molecule has 0 saturated heterocycles. The second-order valence-electron chi connectivity index (χ2n) is 4.97. The third kappa shape index (κ3) is 4.84. The molecule has 1 saturated carbocycles. The van der Waals surface area contributed by atoms with Gasteiger partial charge in [0.1, 0.15) is 0 Å². The Bertz CT molecular complexity index is 212. The maximum Gasteiger partial charge on any atom is 0.315 e. The van der Waals surface area contributed by atoms with Gasteiger partial charge in [-0.1, -0.05) is 12.8 Å². The summed E-state index contributed by atoms with van der Waals surface area (Å²) in [4.78, 5) is 13.7. The molecule has 0 aromatic carbocycles. The van der Waals surface area contributed by atoms with Crippen molar-refractivity contribution in [2.75, 3.05) is 20.1 Å². The molecule has 94 valence electrons. The Hall–Kier alpha value is -0.770. The van der Waals surface area contributed by atoms with Gasteiger partial charge in [0.25, 0.3) is 0 Å². The van der Waals surface area contributed by atoms with Crippen LogP contribution >= 0.6 is 0 Å². The number of nitrogens with one attached hydrogen (secondary N) is 2. The van der Waals surface area contributed by atoms with Crippen molar-refractivity contribution < 1.29 is 4.79 Å². The van der Waals surface area contributed by atoms with Gasteiger partial charge < -0.3 is 15.5 Å². The maximum atomic E-state index is 11.3. The lowest BCUT2D eigenvalue weighted by molar-refractivity contribution is 0.227. The minimum absolute atomic E-state index is 0.0604. The van der Waals surface area contributed by atoms with Crippen molar-refractivity contribution in [3.8, 4) is 0 Å². The Balaban J connectivity index is 2.07. The Morgan fingerprint density at radius 2 is 2.00 bits per heavy atom. The highest BCUT2D eigenvalue weighted by Gasteiger charge is 2.18. The standard InChI is InChI=1S/C12H25N3O/c1-10(2)14-12(16)13-8-9-15(3)11-6-4-5-7-11/h10-11H,4-9H2,1-3H3,(H2,13,14,16). The van der Waals surface area contributed by atoms with Crippen LogP contribution in [0.5, 0.6) is 0 Å². The first-order valence-electron chi connectivity index (χ1n) is 6.34. The molecule has 1 rings (SSSR count). The summed E-state index contributed by atoms with van der Waals surface area (Å²) in [5, 5.41) is 5.69. The van der Waals surface area contributed by atoms with Crippen molar-refractivity contribution in [3.63, 3.8) is 0 Å². The Morgan fingerprint density at radius 3 is 2.56 bits per heavy atom. The van der Waals surface area contributed by atoms with Crippen LogP contribution in [-0.4, -0.2) is 43.2 Å². The van der Waals surface area contributed by atoms with Crippen LogP contribution in [0.1, 0.15) is 39.5 Å². The first kappa shape index (κ1) is 13.3. The third-order valence-electron chi connectivity index (χ3n) is 3.12. The zero-order chi connectivity index (χ0) is 12.0. The lowest BCUT2D eigenvalue weighted by Gasteiger charge is -2.24. The van der Waals surface area contributed by atoms with E-state index in [2.05, 4.69) is 22.6 Å². The van der Waals surface area contributed by atoms with Crippen LogP contribution in [0.2, 0.25) is 0 Å². The molecule has 0 spiro atoms. The van der Waals surface area contributed by atoms with E-state index in [1.807, 2.05) is 13.8 Å². The van der Waals surface area contributed by atoms with Crippen molar-refractivity contribution in [1.82, 2.24) is 15.5 Å². The molecule has 1 aliphatic carbocycles. The number of hydrogen-bond donors (Lipinski definition) is 2. The summed E-state index contributed by atoms with van der Waals surface area (Å²) >= 11 is 0. The van der Waals surface area contributed by atoms with E-state index in [0.29, 0.717) is 0 Å². The monoisotopic (exact) mass is 227 g/mol. The predicted molar refractivity (Wildman–Crippen MR) is 66.6 cm³/mol. The summed E-state index contributed by atoms with van der Waals surface area (Å²) in [6.45, 7) is 5.59. The van der Waals surface area contributed by atoms with Gasteiger partial charge in [-0.15, -0.1) is 0 Å². The molecule has 0 unspecified atom stereocenters. The van der Waals surface area contributed by atoms with Gasteiger partial charge in [-0.25, -0.2) is 4.79 Å². The normalized spacial score (nSPS) is 17.1. The van der Waals surface area contributed by atoms with Crippen LogP contribution in [0.15, 0.2) is 0 Å². The Morgan fingerprint density at radius 1 is 1.38 bits per heavy atom. The van der Waals surface area contributed by atoms with Crippen molar-refractivity contribution in [2.45, 2.75) is 51.6 Å². The molecular weight excluding hydrogens is 202 g/mol. The smallest absolute Gasteiger partial charge is 0.315 e. The minimum Gasteiger partial charge on any atom is -0.337 e. The molecule has 0 aliphatic heterocycles. The molecule has 4 nitrogen and oxygen atoms in total. The van der Waals surface area contributed by atoms with Crippen LogP contribution in [0.25, 0.3) is 0 Å². The van der Waals surface area contributed by atoms with E-state index in [1.54, 1.807) is 0 Å². The van der Waals surface area contributed by atoms with Crippen LogP contribution in [-0.2, 0) is 0 Å². The maximum absolute atomic E-state index is 11.3. The topological polar surface area (TPSA) is 44.4 Å². The summed E-state index contributed by atoms with van der Waals surface area (Å²) in [5.74, 6) is 0. The molecule has 0 atom stereocenters. The third-order valence-corrected chi connectivity index (χ3v) is 3.12. The fourth-order valence-electron chi connectivity index (χ4n) is 2.19. The molecule has 0 radical (unpaired) electrons. The van der Waals surface area contributed by atoms with Gasteiger partial charge in [-0.2, -0.15) is 0 Å². The van der Waals surface area contributed by atoms with Crippen LogP contribution in [0, 0.1) is 0 Å². The molecule has 16 heavy (non-hydrogen) atoms. The Labute approximate surface area is 98.8 Å². The molecule has 0 bridgehead atoms. The summed E-state index contributed by atoms with van der Waals surface area (Å²) in [6, 6.07) is 0.873. The largest absolute Gasteiger partial charge is 0.337 e. The van der Waals surface area contributed by atoms with E-state index in [0.717, 1.165) is 19.1 Å². The number of likely N-dealkylation sites (N-methyl/N-ethyl adjacent to an activating group) is 1. The highest BCUT2D eigenvalue weighted by molar-refractivity contribution is 5.74. The Kier molecular flexibility index (Phi) is 5.60. The summed E-state index contributed by atoms with van der Waals surface area (Å²) in [6.07, 6.45) is 5.34. The molecule has 2 amide bonds. The quantitative estimate of drug-likeness (QED) is 0.749. The lowest BCUT2D eigenvalue weighted by Crippen LogP contribution is -2.43. The van der Waals surface area contributed by atoms with Crippen LogP contribution in [0.4, 0.5) is 4.79 Å². The average molecular weight is 227 g/mol. The SMILES string of the molecule is CC(C)NC(=O)NCCN(C)C1CCCC1. The van der Waals surface area contributed by atoms with Crippen molar-refractivity contribution >= 4 is 6.03 Å². The number of amides is 2. The van der Waals surface area contributed by atoms with E-state index < -0.39 is 0 Å². The second kappa shape index (κ2) is 6.74. The number of hydrogen-bond acceptors (Lipinski definition) is 2.